The normalized spacial score (nSPS) is 11.1. The first-order valence-corrected chi connectivity index (χ1v) is 6.46. The van der Waals surface area contributed by atoms with Crippen LogP contribution in [0.3, 0.4) is 0 Å². The molecule has 0 unspecified atom stereocenters. The zero-order chi connectivity index (χ0) is 14.1. The van der Waals surface area contributed by atoms with E-state index in [-0.39, 0.29) is 5.56 Å². The predicted octanol–water partition coefficient (Wildman–Crippen LogP) is 1.24. The highest BCUT2D eigenvalue weighted by molar-refractivity contribution is 5.81. The molecule has 3 rings (SSSR count). The number of nitrogens with zero attached hydrogens (tertiary/aromatic N) is 4. The fourth-order valence-corrected chi connectivity index (χ4v) is 2.26. The van der Waals surface area contributed by atoms with Crippen LogP contribution in [0.1, 0.15) is 12.6 Å². The van der Waals surface area contributed by atoms with E-state index in [1.165, 1.54) is 16.9 Å². The van der Waals surface area contributed by atoms with Gasteiger partial charge in [0.15, 0.2) is 0 Å². The zero-order valence-electron chi connectivity index (χ0n) is 11.2. The second-order valence-corrected chi connectivity index (χ2v) is 4.56. The van der Waals surface area contributed by atoms with Crippen LogP contribution in [0.5, 0.6) is 0 Å². The van der Waals surface area contributed by atoms with Gasteiger partial charge in [0, 0.05) is 18.0 Å². The third kappa shape index (κ3) is 2.05. The van der Waals surface area contributed by atoms with Gasteiger partial charge in [-0.15, -0.1) is 0 Å². The molecule has 0 amide bonds. The largest absolute Gasteiger partial charge is 0.397 e. The molecule has 1 aromatic carbocycles. The number of anilines is 1. The lowest BCUT2D eigenvalue weighted by molar-refractivity contribution is 0.604. The summed E-state index contributed by atoms with van der Waals surface area (Å²) in [5.74, 6) is 0. The number of fused-ring (bicyclic) bond motifs is 1. The highest BCUT2D eigenvalue weighted by Gasteiger charge is 2.10. The van der Waals surface area contributed by atoms with Crippen molar-refractivity contribution in [3.63, 3.8) is 0 Å². The average Bonchev–Trinajstić information content (AvgIpc) is 2.80. The number of para-hydroxylation sites is 1. The van der Waals surface area contributed by atoms with Crippen LogP contribution in [0.25, 0.3) is 10.9 Å². The van der Waals surface area contributed by atoms with Crippen molar-refractivity contribution in [1.29, 1.82) is 0 Å². The standard InChI is InChI=1S/C14H15N5O/c1-2-18-13-6-4-3-5-11(13)12(17-18)9-19-14(20)7-10(15)8-16-19/h3-8H,2,9,15H2,1H3. The van der Waals surface area contributed by atoms with Crippen molar-refractivity contribution in [2.24, 2.45) is 0 Å². The molecule has 0 radical (unpaired) electrons. The molecule has 0 aliphatic rings. The molecule has 102 valence electrons. The molecule has 0 aliphatic heterocycles. The van der Waals surface area contributed by atoms with Gasteiger partial charge >= 0.3 is 0 Å². The minimum absolute atomic E-state index is 0.222. The van der Waals surface area contributed by atoms with E-state index in [4.69, 9.17) is 5.73 Å². The molecule has 2 aromatic heterocycles. The van der Waals surface area contributed by atoms with Gasteiger partial charge in [-0.3, -0.25) is 9.48 Å². The van der Waals surface area contributed by atoms with E-state index in [1.807, 2.05) is 35.9 Å². The molecule has 6 nitrogen and oxygen atoms in total. The van der Waals surface area contributed by atoms with Gasteiger partial charge in [-0.05, 0) is 13.0 Å². The molecule has 6 heteroatoms. The van der Waals surface area contributed by atoms with Crippen molar-refractivity contribution in [1.82, 2.24) is 19.6 Å². The van der Waals surface area contributed by atoms with E-state index in [1.54, 1.807) is 0 Å². The average molecular weight is 269 g/mol. The SMILES string of the molecule is CCn1nc(Cn2ncc(N)cc2=O)c2ccccc21. The third-order valence-corrected chi connectivity index (χ3v) is 3.22. The minimum Gasteiger partial charge on any atom is -0.397 e. The Hall–Kier alpha value is -2.63. The first kappa shape index (κ1) is 12.4. The van der Waals surface area contributed by atoms with Gasteiger partial charge in [-0.1, -0.05) is 18.2 Å². The number of hydrogen-bond acceptors (Lipinski definition) is 4. The number of hydrogen-bond donors (Lipinski definition) is 1. The number of rotatable bonds is 3. The summed E-state index contributed by atoms with van der Waals surface area (Å²) in [5, 5.41) is 9.64. The van der Waals surface area contributed by atoms with Crippen LogP contribution in [0.15, 0.2) is 41.3 Å². The molecule has 2 N–H and O–H groups in total. The fourth-order valence-electron chi connectivity index (χ4n) is 2.26. The van der Waals surface area contributed by atoms with Crippen molar-refractivity contribution in [3.05, 3.63) is 52.6 Å². The lowest BCUT2D eigenvalue weighted by Gasteiger charge is -2.02. The topological polar surface area (TPSA) is 78.7 Å². The van der Waals surface area contributed by atoms with Crippen LogP contribution >= 0.6 is 0 Å². The van der Waals surface area contributed by atoms with Gasteiger partial charge in [0.25, 0.3) is 5.56 Å². The first-order valence-electron chi connectivity index (χ1n) is 6.46. The van der Waals surface area contributed by atoms with Crippen molar-refractivity contribution in [3.8, 4) is 0 Å². The number of benzene rings is 1. The molecular weight excluding hydrogens is 254 g/mol. The van der Waals surface area contributed by atoms with Gasteiger partial charge in [0.2, 0.25) is 0 Å². The number of aryl methyl sites for hydroxylation is 1. The summed E-state index contributed by atoms with van der Waals surface area (Å²) in [4.78, 5) is 11.8. The zero-order valence-corrected chi connectivity index (χ0v) is 11.2. The monoisotopic (exact) mass is 269 g/mol. The molecule has 0 spiro atoms. The van der Waals surface area contributed by atoms with Gasteiger partial charge in [-0.2, -0.15) is 10.2 Å². The smallest absolute Gasteiger partial charge is 0.269 e. The highest BCUT2D eigenvalue weighted by atomic mass is 16.1. The fraction of sp³-hybridized carbons (Fsp3) is 0.214. The summed E-state index contributed by atoms with van der Waals surface area (Å²) in [5.41, 5.74) is 7.59. The van der Waals surface area contributed by atoms with Gasteiger partial charge < -0.3 is 5.73 Å². The summed E-state index contributed by atoms with van der Waals surface area (Å²) in [6, 6.07) is 9.34. The van der Waals surface area contributed by atoms with Crippen LogP contribution in [0, 0.1) is 0 Å². The summed E-state index contributed by atoms with van der Waals surface area (Å²) in [7, 11) is 0. The van der Waals surface area contributed by atoms with Crippen LogP contribution < -0.4 is 11.3 Å². The van der Waals surface area contributed by atoms with E-state index in [2.05, 4.69) is 10.2 Å². The minimum atomic E-state index is -0.222. The Morgan fingerprint density at radius 3 is 2.80 bits per heavy atom. The lowest BCUT2D eigenvalue weighted by Crippen LogP contribution is -2.23. The van der Waals surface area contributed by atoms with Crippen LogP contribution in [-0.4, -0.2) is 19.6 Å². The Bertz CT molecular complexity index is 818. The van der Waals surface area contributed by atoms with E-state index >= 15 is 0 Å². The molecule has 0 atom stereocenters. The Balaban J connectivity index is 2.09. The molecule has 0 saturated carbocycles. The van der Waals surface area contributed by atoms with Crippen molar-refractivity contribution in [2.75, 3.05) is 5.73 Å². The summed E-state index contributed by atoms with van der Waals surface area (Å²) in [6.45, 7) is 3.16. The molecule has 3 aromatic rings. The molecule has 20 heavy (non-hydrogen) atoms. The van der Waals surface area contributed by atoms with Crippen LogP contribution in [-0.2, 0) is 13.1 Å². The van der Waals surface area contributed by atoms with E-state index in [9.17, 15) is 4.79 Å². The first-order chi connectivity index (χ1) is 9.69. The summed E-state index contributed by atoms with van der Waals surface area (Å²) >= 11 is 0. The molecule has 2 heterocycles. The molecular formula is C14H15N5O. The summed E-state index contributed by atoms with van der Waals surface area (Å²) < 4.78 is 3.29. The van der Waals surface area contributed by atoms with Crippen molar-refractivity contribution < 1.29 is 0 Å². The van der Waals surface area contributed by atoms with E-state index in [0.717, 1.165) is 23.1 Å². The maximum Gasteiger partial charge on any atom is 0.269 e. The van der Waals surface area contributed by atoms with Crippen molar-refractivity contribution >= 4 is 16.6 Å². The number of aromatic nitrogens is 4. The van der Waals surface area contributed by atoms with Gasteiger partial charge in [-0.25, -0.2) is 4.68 Å². The second kappa shape index (κ2) is 4.80. The Labute approximate surface area is 115 Å². The lowest BCUT2D eigenvalue weighted by atomic mass is 10.2. The van der Waals surface area contributed by atoms with E-state index in [0.29, 0.717) is 12.2 Å². The predicted molar refractivity (Wildman–Crippen MR) is 77.4 cm³/mol. The molecule has 0 bridgehead atoms. The Morgan fingerprint density at radius 2 is 2.05 bits per heavy atom. The maximum atomic E-state index is 11.8. The highest BCUT2D eigenvalue weighted by Crippen LogP contribution is 2.18. The molecule has 0 saturated heterocycles. The van der Waals surface area contributed by atoms with Crippen molar-refractivity contribution in [2.45, 2.75) is 20.0 Å². The van der Waals surface area contributed by atoms with E-state index < -0.39 is 0 Å². The maximum absolute atomic E-state index is 11.8. The Morgan fingerprint density at radius 1 is 1.25 bits per heavy atom. The number of nitrogen functional groups attached to an aromatic ring is 1. The Kier molecular flexibility index (Phi) is 2.98. The second-order valence-electron chi connectivity index (χ2n) is 4.56. The van der Waals surface area contributed by atoms with Gasteiger partial charge in [0.05, 0.1) is 29.6 Å². The summed E-state index contributed by atoms with van der Waals surface area (Å²) in [6.07, 6.45) is 1.47. The van der Waals surface area contributed by atoms with Gasteiger partial charge in [0.1, 0.15) is 0 Å². The quantitative estimate of drug-likeness (QED) is 0.776. The van der Waals surface area contributed by atoms with Crippen LogP contribution in [0.2, 0.25) is 0 Å². The molecule has 0 aliphatic carbocycles. The number of nitrogens with two attached hydrogens (primary N) is 1. The van der Waals surface area contributed by atoms with Crippen LogP contribution in [0.4, 0.5) is 5.69 Å². The molecule has 0 fully saturated rings. The third-order valence-electron chi connectivity index (χ3n) is 3.22.